The Hall–Kier alpha value is -0.810. The Bertz CT molecular complexity index is 274. The number of nitrogens with one attached hydrogen (secondary N) is 1. The second kappa shape index (κ2) is 6.38. The molecule has 5 nitrogen and oxygen atoms in total. The van der Waals surface area contributed by atoms with Gasteiger partial charge in [0, 0.05) is 37.8 Å². The smallest absolute Gasteiger partial charge is 0.189 e. The van der Waals surface area contributed by atoms with Crippen molar-refractivity contribution in [2.75, 3.05) is 39.8 Å². The van der Waals surface area contributed by atoms with Crippen molar-refractivity contribution in [3.63, 3.8) is 0 Å². The monoisotopic (exact) mass is 255 g/mol. The molecule has 106 valence electrons. The van der Waals surface area contributed by atoms with Gasteiger partial charge in [0.05, 0.1) is 6.54 Å². The number of hydrogen-bond donors (Lipinski definition) is 2. The van der Waals surface area contributed by atoms with Crippen LogP contribution in [-0.4, -0.2) is 67.1 Å². The van der Waals surface area contributed by atoms with Gasteiger partial charge in [-0.25, -0.2) is 0 Å². The molecule has 0 saturated carbocycles. The molecule has 1 atom stereocenters. The van der Waals surface area contributed by atoms with Gasteiger partial charge in [-0.05, 0) is 34.7 Å². The zero-order chi connectivity index (χ0) is 13.8. The average molecular weight is 255 g/mol. The quantitative estimate of drug-likeness (QED) is 0.563. The summed E-state index contributed by atoms with van der Waals surface area (Å²) in [5, 5.41) is 3.19. The van der Waals surface area contributed by atoms with E-state index in [1.807, 2.05) is 0 Å². The first-order chi connectivity index (χ1) is 8.28. The lowest BCUT2D eigenvalue weighted by Gasteiger charge is -2.35. The Morgan fingerprint density at radius 3 is 2.33 bits per heavy atom. The topological polar surface area (TPSA) is 56.9 Å². The summed E-state index contributed by atoms with van der Waals surface area (Å²) in [6, 6.07) is 0.457. The van der Waals surface area contributed by atoms with Crippen molar-refractivity contribution in [2.45, 2.75) is 39.3 Å². The molecule has 1 rings (SSSR count). The fourth-order valence-corrected chi connectivity index (χ4v) is 2.03. The predicted molar refractivity (Wildman–Crippen MR) is 77.9 cm³/mol. The van der Waals surface area contributed by atoms with Gasteiger partial charge in [-0.1, -0.05) is 0 Å². The molecule has 3 N–H and O–H groups in total. The molecule has 0 bridgehead atoms. The minimum absolute atomic E-state index is 0.0232. The summed E-state index contributed by atoms with van der Waals surface area (Å²) in [5.74, 6) is 0.545. The number of nitrogens with two attached hydrogens (primary N) is 1. The van der Waals surface area contributed by atoms with Crippen LogP contribution >= 0.6 is 0 Å². The third-order valence-corrected chi connectivity index (χ3v) is 3.19. The Morgan fingerprint density at radius 1 is 1.28 bits per heavy atom. The van der Waals surface area contributed by atoms with E-state index in [4.69, 9.17) is 5.73 Å². The molecule has 5 heteroatoms. The Labute approximate surface area is 111 Å². The van der Waals surface area contributed by atoms with Crippen LogP contribution in [0.2, 0.25) is 0 Å². The largest absolute Gasteiger partial charge is 0.370 e. The summed E-state index contributed by atoms with van der Waals surface area (Å²) in [7, 11) is 2.17. The molecular formula is C13H29N5. The van der Waals surface area contributed by atoms with Gasteiger partial charge in [-0.3, -0.25) is 9.89 Å². The van der Waals surface area contributed by atoms with E-state index in [9.17, 15) is 0 Å². The van der Waals surface area contributed by atoms with E-state index in [0.717, 1.165) is 32.7 Å². The van der Waals surface area contributed by atoms with Crippen LogP contribution in [0.4, 0.5) is 0 Å². The second-order valence-corrected chi connectivity index (χ2v) is 6.29. The highest BCUT2D eigenvalue weighted by Crippen LogP contribution is 2.05. The van der Waals surface area contributed by atoms with E-state index in [1.54, 1.807) is 0 Å². The standard InChI is InChI=1S/C13H29N5/c1-11(18-8-6-17(5)7-9-18)10-15-12(14)16-13(2,3)4/h11H,6-10H2,1-5H3,(H3,14,15,16). The van der Waals surface area contributed by atoms with Crippen molar-refractivity contribution < 1.29 is 0 Å². The Kier molecular flexibility index (Phi) is 5.41. The maximum absolute atomic E-state index is 5.87. The van der Waals surface area contributed by atoms with Crippen molar-refractivity contribution >= 4 is 5.96 Å². The van der Waals surface area contributed by atoms with Gasteiger partial charge in [-0.15, -0.1) is 0 Å². The molecule has 0 spiro atoms. The van der Waals surface area contributed by atoms with Crippen LogP contribution < -0.4 is 11.1 Å². The fraction of sp³-hybridized carbons (Fsp3) is 0.923. The summed E-state index contributed by atoms with van der Waals surface area (Å²) >= 11 is 0. The van der Waals surface area contributed by atoms with E-state index in [2.05, 4.69) is 54.9 Å². The number of likely N-dealkylation sites (N-methyl/N-ethyl adjacent to an activating group) is 1. The van der Waals surface area contributed by atoms with E-state index >= 15 is 0 Å². The molecule has 0 radical (unpaired) electrons. The average Bonchev–Trinajstić information content (AvgIpc) is 2.24. The third-order valence-electron chi connectivity index (χ3n) is 3.19. The first kappa shape index (κ1) is 15.2. The van der Waals surface area contributed by atoms with E-state index < -0.39 is 0 Å². The number of hydrogen-bond acceptors (Lipinski definition) is 3. The summed E-state index contributed by atoms with van der Waals surface area (Å²) < 4.78 is 0. The minimum Gasteiger partial charge on any atom is -0.370 e. The van der Waals surface area contributed by atoms with Crippen molar-refractivity contribution in [3.8, 4) is 0 Å². The Balaban J connectivity index is 2.36. The lowest BCUT2D eigenvalue weighted by Crippen LogP contribution is -2.49. The molecule has 1 unspecified atom stereocenters. The summed E-state index contributed by atoms with van der Waals surface area (Å²) in [5.41, 5.74) is 5.85. The SMILES string of the molecule is CC(CN=C(N)NC(C)(C)C)N1CCN(C)CC1. The summed E-state index contributed by atoms with van der Waals surface area (Å²) in [6.45, 7) is 13.8. The minimum atomic E-state index is -0.0232. The Morgan fingerprint density at radius 2 is 1.83 bits per heavy atom. The molecule has 1 heterocycles. The van der Waals surface area contributed by atoms with E-state index in [0.29, 0.717) is 12.0 Å². The van der Waals surface area contributed by atoms with Gasteiger partial charge < -0.3 is 16.0 Å². The van der Waals surface area contributed by atoms with E-state index in [1.165, 1.54) is 0 Å². The molecule has 0 aromatic rings. The molecule has 0 aromatic carbocycles. The van der Waals surface area contributed by atoms with Crippen LogP contribution in [0.5, 0.6) is 0 Å². The highest BCUT2D eigenvalue weighted by Gasteiger charge is 2.18. The van der Waals surface area contributed by atoms with Crippen LogP contribution in [0.15, 0.2) is 4.99 Å². The van der Waals surface area contributed by atoms with Crippen LogP contribution in [0.25, 0.3) is 0 Å². The van der Waals surface area contributed by atoms with Gasteiger partial charge in [0.1, 0.15) is 0 Å². The van der Waals surface area contributed by atoms with Crippen LogP contribution in [0.1, 0.15) is 27.7 Å². The maximum atomic E-state index is 5.87. The van der Waals surface area contributed by atoms with Crippen molar-refractivity contribution in [1.29, 1.82) is 0 Å². The summed E-state index contributed by atoms with van der Waals surface area (Å²) in [6.07, 6.45) is 0. The van der Waals surface area contributed by atoms with Gasteiger partial charge in [-0.2, -0.15) is 0 Å². The first-order valence-electron chi connectivity index (χ1n) is 6.78. The highest BCUT2D eigenvalue weighted by atomic mass is 15.3. The molecule has 1 saturated heterocycles. The molecule has 1 aliphatic heterocycles. The molecule has 0 aliphatic carbocycles. The van der Waals surface area contributed by atoms with Crippen LogP contribution in [-0.2, 0) is 0 Å². The molecule has 0 amide bonds. The molecule has 0 aromatic heterocycles. The van der Waals surface area contributed by atoms with Gasteiger partial charge in [0.15, 0.2) is 5.96 Å². The predicted octanol–water partition coefficient (Wildman–Crippen LogP) is 0.325. The number of guanidine groups is 1. The third kappa shape index (κ3) is 5.69. The van der Waals surface area contributed by atoms with Crippen LogP contribution in [0, 0.1) is 0 Å². The second-order valence-electron chi connectivity index (χ2n) is 6.29. The highest BCUT2D eigenvalue weighted by molar-refractivity contribution is 5.78. The zero-order valence-corrected chi connectivity index (χ0v) is 12.5. The lowest BCUT2D eigenvalue weighted by atomic mass is 10.1. The van der Waals surface area contributed by atoms with Gasteiger partial charge in [0.25, 0.3) is 0 Å². The molecule has 18 heavy (non-hydrogen) atoms. The maximum Gasteiger partial charge on any atom is 0.189 e. The van der Waals surface area contributed by atoms with Crippen molar-refractivity contribution in [2.24, 2.45) is 10.7 Å². The first-order valence-corrected chi connectivity index (χ1v) is 6.78. The molecular weight excluding hydrogens is 226 g/mol. The molecule has 1 aliphatic rings. The number of aliphatic imine (C=N–C) groups is 1. The summed E-state index contributed by atoms with van der Waals surface area (Å²) in [4.78, 5) is 9.27. The van der Waals surface area contributed by atoms with Gasteiger partial charge in [0.2, 0.25) is 0 Å². The normalized spacial score (nSPS) is 21.9. The van der Waals surface area contributed by atoms with Crippen LogP contribution in [0.3, 0.4) is 0 Å². The number of nitrogens with zero attached hydrogens (tertiary/aromatic N) is 3. The van der Waals surface area contributed by atoms with Crippen molar-refractivity contribution in [1.82, 2.24) is 15.1 Å². The lowest BCUT2D eigenvalue weighted by molar-refractivity contribution is 0.122. The number of piperazine rings is 1. The molecule has 1 fully saturated rings. The van der Waals surface area contributed by atoms with Crippen molar-refractivity contribution in [3.05, 3.63) is 0 Å². The zero-order valence-electron chi connectivity index (χ0n) is 12.5. The van der Waals surface area contributed by atoms with E-state index in [-0.39, 0.29) is 5.54 Å². The van der Waals surface area contributed by atoms with Gasteiger partial charge >= 0.3 is 0 Å². The fourth-order valence-electron chi connectivity index (χ4n) is 2.03. The number of rotatable bonds is 3.